The van der Waals surface area contributed by atoms with Crippen molar-refractivity contribution >= 4 is 5.91 Å². The number of β-amino-alcohol motifs (C(OH)–C–C–N with tert-alkyl or cyclic N) is 1. The van der Waals surface area contributed by atoms with E-state index in [4.69, 9.17) is 4.74 Å². The average molecular weight is 320 g/mol. The fraction of sp³-hybridized carbons (Fsp3) is 0.611. The molecular weight excluding hydrogens is 292 g/mol. The van der Waals surface area contributed by atoms with E-state index in [-0.39, 0.29) is 18.6 Å². The zero-order valence-electron chi connectivity index (χ0n) is 13.9. The number of para-hydroxylation sites is 1. The van der Waals surface area contributed by atoms with E-state index < -0.39 is 6.10 Å². The van der Waals surface area contributed by atoms with Gasteiger partial charge in [0.05, 0.1) is 0 Å². The first kappa shape index (κ1) is 17.8. The van der Waals surface area contributed by atoms with Gasteiger partial charge in [0, 0.05) is 25.6 Å². The monoisotopic (exact) mass is 320 g/mol. The molecule has 128 valence electrons. The predicted octanol–water partition coefficient (Wildman–Crippen LogP) is 1.81. The number of piperidine rings is 1. The Morgan fingerprint density at radius 1 is 1.43 bits per heavy atom. The Balaban J connectivity index is 1.70. The molecule has 5 heteroatoms. The lowest BCUT2D eigenvalue weighted by Gasteiger charge is -2.34. The van der Waals surface area contributed by atoms with E-state index in [1.165, 1.54) is 0 Å². The Morgan fingerprint density at radius 3 is 2.96 bits per heavy atom. The van der Waals surface area contributed by atoms with Gasteiger partial charge in [0.15, 0.2) is 0 Å². The zero-order valence-corrected chi connectivity index (χ0v) is 13.9. The molecule has 2 unspecified atom stereocenters. The van der Waals surface area contributed by atoms with Crippen LogP contribution in [0.2, 0.25) is 0 Å². The summed E-state index contributed by atoms with van der Waals surface area (Å²) in [6.07, 6.45) is 2.99. The molecule has 1 aliphatic heterocycles. The molecule has 0 saturated carbocycles. The van der Waals surface area contributed by atoms with Gasteiger partial charge in [-0.15, -0.1) is 0 Å². The van der Waals surface area contributed by atoms with Crippen LogP contribution in [0.3, 0.4) is 0 Å². The fourth-order valence-corrected chi connectivity index (χ4v) is 2.93. The smallest absolute Gasteiger partial charge is 0.220 e. The molecule has 23 heavy (non-hydrogen) atoms. The van der Waals surface area contributed by atoms with Crippen molar-refractivity contribution in [3.05, 3.63) is 30.3 Å². The molecule has 1 amide bonds. The molecule has 1 saturated heterocycles. The normalized spacial score (nSPS) is 20.0. The molecule has 2 N–H and O–H groups in total. The van der Waals surface area contributed by atoms with Gasteiger partial charge >= 0.3 is 0 Å². The number of benzene rings is 1. The van der Waals surface area contributed by atoms with Gasteiger partial charge < -0.3 is 15.2 Å². The van der Waals surface area contributed by atoms with Crippen LogP contribution in [0.4, 0.5) is 0 Å². The molecule has 2 atom stereocenters. The summed E-state index contributed by atoms with van der Waals surface area (Å²) in [5.41, 5.74) is 0. The second kappa shape index (κ2) is 9.53. The van der Waals surface area contributed by atoms with E-state index in [0.29, 0.717) is 13.0 Å². The third-order valence-corrected chi connectivity index (χ3v) is 4.00. The molecule has 5 nitrogen and oxygen atoms in total. The summed E-state index contributed by atoms with van der Waals surface area (Å²) in [4.78, 5) is 13.9. The average Bonchev–Trinajstić information content (AvgIpc) is 2.54. The van der Waals surface area contributed by atoms with Crippen LogP contribution in [0.15, 0.2) is 30.3 Å². The van der Waals surface area contributed by atoms with E-state index in [2.05, 4.69) is 10.2 Å². The van der Waals surface area contributed by atoms with Crippen LogP contribution >= 0.6 is 0 Å². The van der Waals surface area contributed by atoms with Crippen molar-refractivity contribution < 1.29 is 14.6 Å². The van der Waals surface area contributed by atoms with Crippen molar-refractivity contribution in [1.29, 1.82) is 0 Å². The molecule has 2 rings (SSSR count). The molecule has 1 aromatic rings. The number of ether oxygens (including phenoxy) is 1. The highest BCUT2D eigenvalue weighted by Crippen LogP contribution is 2.12. The molecule has 1 aliphatic rings. The number of aliphatic hydroxyl groups is 1. The third kappa shape index (κ3) is 6.59. The van der Waals surface area contributed by atoms with Crippen LogP contribution in [-0.2, 0) is 4.79 Å². The number of carbonyl (C=O) groups excluding carboxylic acids is 1. The minimum Gasteiger partial charge on any atom is -0.491 e. The van der Waals surface area contributed by atoms with Crippen molar-refractivity contribution in [3.8, 4) is 5.75 Å². The Kier molecular flexibility index (Phi) is 7.36. The van der Waals surface area contributed by atoms with Crippen LogP contribution in [0, 0.1) is 0 Å². The second-order valence-electron chi connectivity index (χ2n) is 6.19. The van der Waals surface area contributed by atoms with Crippen molar-refractivity contribution in [2.45, 2.75) is 44.8 Å². The number of likely N-dealkylation sites (tertiary alicyclic amines) is 1. The minimum atomic E-state index is -0.528. The van der Waals surface area contributed by atoms with Gasteiger partial charge in [-0.1, -0.05) is 25.1 Å². The summed E-state index contributed by atoms with van der Waals surface area (Å²) >= 11 is 0. The Hall–Kier alpha value is -1.59. The van der Waals surface area contributed by atoms with E-state index >= 15 is 0 Å². The van der Waals surface area contributed by atoms with Crippen LogP contribution in [0.25, 0.3) is 0 Å². The second-order valence-corrected chi connectivity index (χ2v) is 6.19. The highest BCUT2D eigenvalue weighted by molar-refractivity contribution is 5.76. The summed E-state index contributed by atoms with van der Waals surface area (Å²) in [6, 6.07) is 9.72. The van der Waals surface area contributed by atoms with Crippen LogP contribution in [-0.4, -0.2) is 54.3 Å². The molecule has 1 heterocycles. The molecule has 0 spiro atoms. The maximum absolute atomic E-state index is 11.7. The first-order valence-corrected chi connectivity index (χ1v) is 8.55. The molecule has 1 fully saturated rings. The van der Waals surface area contributed by atoms with Gasteiger partial charge in [-0.05, 0) is 37.9 Å². The van der Waals surface area contributed by atoms with Crippen molar-refractivity contribution in [2.75, 3.05) is 26.2 Å². The maximum Gasteiger partial charge on any atom is 0.220 e. The number of hydrogen-bond donors (Lipinski definition) is 2. The Morgan fingerprint density at radius 2 is 2.22 bits per heavy atom. The van der Waals surface area contributed by atoms with Gasteiger partial charge in [0.1, 0.15) is 18.5 Å². The number of nitrogens with zero attached hydrogens (tertiary/aromatic N) is 1. The van der Waals surface area contributed by atoms with Gasteiger partial charge in [0.2, 0.25) is 5.91 Å². The van der Waals surface area contributed by atoms with E-state index in [1.807, 2.05) is 37.3 Å². The summed E-state index contributed by atoms with van der Waals surface area (Å²) in [7, 11) is 0. The highest BCUT2D eigenvalue weighted by atomic mass is 16.5. The molecule has 0 aromatic heterocycles. The standard InChI is InChI=1S/C18H28N2O3/c1-2-7-18(22)19-15-8-6-11-20(12-15)13-16(21)14-23-17-9-4-3-5-10-17/h3-5,9-10,15-16,21H,2,6-8,11-14H2,1H3,(H,19,22). The van der Waals surface area contributed by atoms with Gasteiger partial charge in [0.25, 0.3) is 0 Å². The Labute approximate surface area is 138 Å². The van der Waals surface area contributed by atoms with E-state index in [1.54, 1.807) is 0 Å². The number of nitrogens with one attached hydrogen (secondary N) is 1. The lowest BCUT2D eigenvalue weighted by Crippen LogP contribution is -2.50. The molecule has 0 aliphatic carbocycles. The van der Waals surface area contributed by atoms with E-state index in [0.717, 1.165) is 38.1 Å². The summed E-state index contributed by atoms with van der Waals surface area (Å²) in [5, 5.41) is 13.2. The molecule has 0 radical (unpaired) electrons. The van der Waals surface area contributed by atoms with Crippen molar-refractivity contribution in [2.24, 2.45) is 0 Å². The SMILES string of the molecule is CCCC(=O)NC1CCCN(CC(O)COc2ccccc2)C1. The summed E-state index contributed by atoms with van der Waals surface area (Å²) in [6.45, 7) is 4.64. The Bertz CT molecular complexity index is 467. The molecular formula is C18H28N2O3. The van der Waals surface area contributed by atoms with Crippen molar-refractivity contribution in [3.63, 3.8) is 0 Å². The topological polar surface area (TPSA) is 61.8 Å². The van der Waals surface area contributed by atoms with Gasteiger partial charge in [-0.3, -0.25) is 9.69 Å². The first-order valence-electron chi connectivity index (χ1n) is 8.55. The summed E-state index contributed by atoms with van der Waals surface area (Å²) < 4.78 is 5.59. The molecule has 1 aromatic carbocycles. The lowest BCUT2D eigenvalue weighted by molar-refractivity contribution is -0.122. The van der Waals surface area contributed by atoms with Gasteiger partial charge in [-0.25, -0.2) is 0 Å². The van der Waals surface area contributed by atoms with Crippen molar-refractivity contribution in [1.82, 2.24) is 10.2 Å². The number of hydrogen-bond acceptors (Lipinski definition) is 4. The van der Waals surface area contributed by atoms with Gasteiger partial charge in [-0.2, -0.15) is 0 Å². The van der Waals surface area contributed by atoms with Crippen LogP contribution in [0.5, 0.6) is 5.75 Å². The van der Waals surface area contributed by atoms with Crippen LogP contribution < -0.4 is 10.1 Å². The number of aliphatic hydroxyl groups excluding tert-OH is 1. The fourth-order valence-electron chi connectivity index (χ4n) is 2.93. The first-order chi connectivity index (χ1) is 11.2. The van der Waals surface area contributed by atoms with Crippen LogP contribution in [0.1, 0.15) is 32.6 Å². The summed E-state index contributed by atoms with van der Waals surface area (Å²) in [5.74, 6) is 0.905. The number of amides is 1. The molecule has 0 bridgehead atoms. The lowest BCUT2D eigenvalue weighted by atomic mass is 10.0. The largest absolute Gasteiger partial charge is 0.491 e. The van der Waals surface area contributed by atoms with E-state index in [9.17, 15) is 9.90 Å². The predicted molar refractivity (Wildman–Crippen MR) is 90.5 cm³/mol. The number of rotatable bonds is 8. The number of carbonyl (C=O) groups is 1. The zero-order chi connectivity index (χ0) is 16.5. The quantitative estimate of drug-likeness (QED) is 0.767. The minimum absolute atomic E-state index is 0.132. The maximum atomic E-state index is 11.7. The highest BCUT2D eigenvalue weighted by Gasteiger charge is 2.22. The third-order valence-electron chi connectivity index (χ3n) is 4.00.